The summed E-state index contributed by atoms with van der Waals surface area (Å²) in [5.74, 6) is 0.429. The third kappa shape index (κ3) is 2.44. The van der Waals surface area contributed by atoms with E-state index in [0.29, 0.717) is 6.42 Å². The number of carbonyl (C=O) groups excluding carboxylic acids is 1. The van der Waals surface area contributed by atoms with Gasteiger partial charge in [-0.1, -0.05) is 41.9 Å². The second-order valence-corrected chi connectivity index (χ2v) is 5.68. The molecular weight excluding hydrogens is 270 g/mol. The fourth-order valence-electron chi connectivity index (χ4n) is 2.82. The third-order valence-electron chi connectivity index (χ3n) is 3.93. The number of hydrogen-bond acceptors (Lipinski definition) is 1. The maximum absolute atomic E-state index is 12.1. The number of carbonyl (C=O) groups is 1. The van der Waals surface area contributed by atoms with Gasteiger partial charge in [0.05, 0.1) is 0 Å². The minimum atomic E-state index is 0.183. The average molecular weight is 286 g/mol. The molecule has 1 unspecified atom stereocenters. The van der Waals surface area contributed by atoms with Gasteiger partial charge >= 0.3 is 0 Å². The topological polar surface area (TPSA) is 20.3 Å². The summed E-state index contributed by atoms with van der Waals surface area (Å²) in [4.78, 5) is 13.9. The fraction of sp³-hybridized carbons (Fsp3) is 0.235. The molecule has 1 aliphatic rings. The van der Waals surface area contributed by atoms with Crippen molar-refractivity contribution in [2.75, 3.05) is 11.9 Å². The van der Waals surface area contributed by atoms with Crippen LogP contribution in [0.5, 0.6) is 0 Å². The number of amides is 1. The second kappa shape index (κ2) is 5.29. The SMILES string of the molecule is CN1C(=O)CC(Cc2ccc(Cl)cc2)c2ccccc21. The van der Waals surface area contributed by atoms with Crippen LogP contribution in [0.2, 0.25) is 5.02 Å². The Labute approximate surface area is 124 Å². The Morgan fingerprint density at radius 1 is 1.15 bits per heavy atom. The van der Waals surface area contributed by atoms with Crippen molar-refractivity contribution in [3.8, 4) is 0 Å². The van der Waals surface area contributed by atoms with Gasteiger partial charge in [0, 0.05) is 24.2 Å². The van der Waals surface area contributed by atoms with Crippen LogP contribution in [0.25, 0.3) is 0 Å². The number of benzene rings is 2. The van der Waals surface area contributed by atoms with Crippen molar-refractivity contribution in [2.45, 2.75) is 18.8 Å². The molecule has 0 saturated carbocycles. The van der Waals surface area contributed by atoms with Gasteiger partial charge in [-0.3, -0.25) is 4.79 Å². The Bertz CT molecular complexity index is 636. The van der Waals surface area contributed by atoms with Crippen LogP contribution in [0.4, 0.5) is 5.69 Å². The first-order chi connectivity index (χ1) is 9.65. The van der Waals surface area contributed by atoms with E-state index in [1.807, 2.05) is 49.5 Å². The highest BCUT2D eigenvalue weighted by molar-refractivity contribution is 6.30. The van der Waals surface area contributed by atoms with Gasteiger partial charge < -0.3 is 4.90 Å². The molecule has 1 aliphatic heterocycles. The van der Waals surface area contributed by atoms with Crippen LogP contribution >= 0.6 is 11.6 Å². The Morgan fingerprint density at radius 3 is 2.60 bits per heavy atom. The largest absolute Gasteiger partial charge is 0.315 e. The monoisotopic (exact) mass is 285 g/mol. The summed E-state index contributed by atoms with van der Waals surface area (Å²) >= 11 is 5.92. The van der Waals surface area contributed by atoms with Gasteiger partial charge in [0.25, 0.3) is 0 Å². The molecule has 1 heterocycles. The van der Waals surface area contributed by atoms with Crippen LogP contribution in [-0.2, 0) is 11.2 Å². The molecule has 0 aromatic heterocycles. The first-order valence-corrected chi connectivity index (χ1v) is 7.13. The van der Waals surface area contributed by atoms with E-state index in [1.54, 1.807) is 4.90 Å². The maximum Gasteiger partial charge on any atom is 0.227 e. The highest BCUT2D eigenvalue weighted by atomic mass is 35.5. The van der Waals surface area contributed by atoms with Crippen molar-refractivity contribution in [3.05, 3.63) is 64.7 Å². The number of fused-ring (bicyclic) bond motifs is 1. The van der Waals surface area contributed by atoms with Gasteiger partial charge in [-0.25, -0.2) is 0 Å². The number of halogens is 1. The summed E-state index contributed by atoms with van der Waals surface area (Å²) in [6.07, 6.45) is 1.43. The first kappa shape index (κ1) is 13.2. The third-order valence-corrected chi connectivity index (χ3v) is 4.18. The van der Waals surface area contributed by atoms with Crippen molar-refractivity contribution in [1.82, 2.24) is 0 Å². The summed E-state index contributed by atoms with van der Waals surface area (Å²) in [6, 6.07) is 16.0. The summed E-state index contributed by atoms with van der Waals surface area (Å²) in [5.41, 5.74) is 3.50. The maximum atomic E-state index is 12.1. The van der Waals surface area contributed by atoms with Crippen molar-refractivity contribution < 1.29 is 4.79 Å². The standard InChI is InChI=1S/C17H16ClNO/c1-19-16-5-3-2-4-15(16)13(11-17(19)20)10-12-6-8-14(18)9-7-12/h2-9,13H,10-11H2,1H3. The summed E-state index contributed by atoms with van der Waals surface area (Å²) in [6.45, 7) is 0. The lowest BCUT2D eigenvalue weighted by Crippen LogP contribution is -2.33. The number of hydrogen-bond donors (Lipinski definition) is 0. The molecule has 0 N–H and O–H groups in total. The first-order valence-electron chi connectivity index (χ1n) is 6.75. The Hall–Kier alpha value is -1.80. The molecule has 0 radical (unpaired) electrons. The van der Waals surface area contributed by atoms with Crippen LogP contribution in [0.15, 0.2) is 48.5 Å². The van der Waals surface area contributed by atoms with E-state index in [0.717, 1.165) is 17.1 Å². The quantitative estimate of drug-likeness (QED) is 0.816. The van der Waals surface area contributed by atoms with Gasteiger partial charge in [0.15, 0.2) is 0 Å². The molecule has 0 saturated heterocycles. The zero-order valence-corrected chi connectivity index (χ0v) is 12.1. The number of rotatable bonds is 2. The van der Waals surface area contributed by atoms with Gasteiger partial charge in [-0.15, -0.1) is 0 Å². The molecule has 0 aliphatic carbocycles. The molecule has 3 heteroatoms. The molecular formula is C17H16ClNO. The summed E-state index contributed by atoms with van der Waals surface area (Å²) in [7, 11) is 1.85. The van der Waals surface area contributed by atoms with Crippen LogP contribution in [-0.4, -0.2) is 13.0 Å². The van der Waals surface area contributed by atoms with Crippen LogP contribution in [0.3, 0.4) is 0 Å². The van der Waals surface area contributed by atoms with Gasteiger partial charge in [-0.05, 0) is 41.7 Å². The van der Waals surface area contributed by atoms with E-state index in [-0.39, 0.29) is 11.8 Å². The van der Waals surface area contributed by atoms with E-state index < -0.39 is 0 Å². The second-order valence-electron chi connectivity index (χ2n) is 5.24. The normalized spacial score (nSPS) is 18.0. The predicted molar refractivity (Wildman–Crippen MR) is 82.4 cm³/mol. The average Bonchev–Trinajstić information content (AvgIpc) is 2.47. The predicted octanol–water partition coefficient (Wildman–Crippen LogP) is 4.03. The summed E-state index contributed by atoms with van der Waals surface area (Å²) in [5, 5.41) is 0.744. The van der Waals surface area contributed by atoms with Crippen LogP contribution in [0, 0.1) is 0 Å². The molecule has 102 valence electrons. The molecule has 0 fully saturated rings. The minimum absolute atomic E-state index is 0.183. The zero-order chi connectivity index (χ0) is 14.1. The lowest BCUT2D eigenvalue weighted by atomic mass is 9.85. The fourth-order valence-corrected chi connectivity index (χ4v) is 2.94. The number of anilines is 1. The highest BCUT2D eigenvalue weighted by Gasteiger charge is 2.28. The van der Waals surface area contributed by atoms with Crippen molar-refractivity contribution >= 4 is 23.2 Å². The molecule has 20 heavy (non-hydrogen) atoms. The molecule has 3 rings (SSSR count). The molecule has 0 spiro atoms. The van der Waals surface area contributed by atoms with E-state index in [4.69, 9.17) is 11.6 Å². The van der Waals surface area contributed by atoms with Crippen molar-refractivity contribution in [1.29, 1.82) is 0 Å². The smallest absolute Gasteiger partial charge is 0.227 e. The molecule has 1 atom stereocenters. The highest BCUT2D eigenvalue weighted by Crippen LogP contribution is 2.37. The molecule has 0 bridgehead atoms. The van der Waals surface area contributed by atoms with Crippen LogP contribution < -0.4 is 4.90 Å². The van der Waals surface area contributed by atoms with E-state index in [9.17, 15) is 4.79 Å². The van der Waals surface area contributed by atoms with E-state index in [1.165, 1.54) is 11.1 Å². The van der Waals surface area contributed by atoms with Gasteiger partial charge in [-0.2, -0.15) is 0 Å². The van der Waals surface area contributed by atoms with Crippen LogP contribution in [0.1, 0.15) is 23.5 Å². The number of para-hydroxylation sites is 1. The lowest BCUT2D eigenvalue weighted by Gasteiger charge is -2.31. The Kier molecular flexibility index (Phi) is 3.49. The zero-order valence-electron chi connectivity index (χ0n) is 11.3. The van der Waals surface area contributed by atoms with E-state index >= 15 is 0 Å². The molecule has 2 aromatic rings. The number of nitrogens with zero attached hydrogens (tertiary/aromatic N) is 1. The molecule has 2 aromatic carbocycles. The molecule has 2 nitrogen and oxygen atoms in total. The summed E-state index contributed by atoms with van der Waals surface area (Å²) < 4.78 is 0. The Balaban J connectivity index is 1.92. The molecule has 1 amide bonds. The Morgan fingerprint density at radius 2 is 1.85 bits per heavy atom. The van der Waals surface area contributed by atoms with Crippen molar-refractivity contribution in [3.63, 3.8) is 0 Å². The lowest BCUT2D eigenvalue weighted by molar-refractivity contribution is -0.119. The minimum Gasteiger partial charge on any atom is -0.315 e. The van der Waals surface area contributed by atoms with Gasteiger partial charge in [0.1, 0.15) is 0 Å². The van der Waals surface area contributed by atoms with Crippen molar-refractivity contribution in [2.24, 2.45) is 0 Å². The van der Waals surface area contributed by atoms with E-state index in [2.05, 4.69) is 6.07 Å². The van der Waals surface area contributed by atoms with Gasteiger partial charge in [0.2, 0.25) is 5.91 Å².